The molecular formula is C15H21N3O3. The van der Waals surface area contributed by atoms with Gasteiger partial charge in [-0.25, -0.2) is 0 Å². The van der Waals surface area contributed by atoms with Gasteiger partial charge in [0.25, 0.3) is 5.91 Å². The second kappa shape index (κ2) is 7.08. The molecule has 114 valence electrons. The van der Waals surface area contributed by atoms with Gasteiger partial charge in [-0.05, 0) is 25.0 Å². The topological polar surface area (TPSA) is 108 Å². The molecule has 2 rings (SSSR count). The number of aliphatic hydroxyl groups excluding tert-OH is 1. The van der Waals surface area contributed by atoms with E-state index in [1.807, 2.05) is 0 Å². The molecule has 2 unspecified atom stereocenters. The lowest BCUT2D eigenvalue weighted by atomic mass is 10.0. The van der Waals surface area contributed by atoms with E-state index < -0.39 is 6.10 Å². The SMILES string of the molecule is N/C(=N/O)c1ccc(C(=O)NC2CCCCCC2O)cc1. The van der Waals surface area contributed by atoms with E-state index in [-0.39, 0.29) is 17.8 Å². The van der Waals surface area contributed by atoms with Gasteiger partial charge >= 0.3 is 0 Å². The summed E-state index contributed by atoms with van der Waals surface area (Å²) in [5.74, 6) is -0.215. The number of carbonyl (C=O) groups excluding carboxylic acids is 1. The Balaban J connectivity index is 2.02. The Bertz CT molecular complexity index is 513. The first-order chi connectivity index (χ1) is 10.1. The molecule has 0 heterocycles. The fraction of sp³-hybridized carbons (Fsp3) is 0.467. The van der Waals surface area contributed by atoms with Crippen molar-refractivity contribution in [2.75, 3.05) is 0 Å². The third-order valence-electron chi connectivity index (χ3n) is 3.85. The lowest BCUT2D eigenvalue weighted by molar-refractivity contribution is 0.0819. The fourth-order valence-electron chi connectivity index (χ4n) is 2.56. The first-order valence-electron chi connectivity index (χ1n) is 7.18. The summed E-state index contributed by atoms with van der Waals surface area (Å²) in [5, 5.41) is 24.4. The predicted molar refractivity (Wildman–Crippen MR) is 79.3 cm³/mol. The normalized spacial score (nSPS) is 23.4. The zero-order valence-corrected chi connectivity index (χ0v) is 11.8. The maximum atomic E-state index is 12.2. The van der Waals surface area contributed by atoms with Gasteiger partial charge in [-0.15, -0.1) is 0 Å². The largest absolute Gasteiger partial charge is 0.409 e. The highest BCUT2D eigenvalue weighted by Gasteiger charge is 2.23. The van der Waals surface area contributed by atoms with Gasteiger partial charge in [-0.1, -0.05) is 36.6 Å². The zero-order chi connectivity index (χ0) is 15.2. The second-order valence-electron chi connectivity index (χ2n) is 5.35. The van der Waals surface area contributed by atoms with Gasteiger partial charge in [0.15, 0.2) is 5.84 Å². The lowest BCUT2D eigenvalue weighted by Crippen LogP contribution is -2.42. The van der Waals surface area contributed by atoms with Crippen LogP contribution in [0.15, 0.2) is 29.4 Å². The van der Waals surface area contributed by atoms with E-state index in [1.165, 1.54) is 0 Å². The number of carbonyl (C=O) groups is 1. The molecule has 1 fully saturated rings. The standard InChI is InChI=1S/C15H21N3O3/c16-14(18-21)10-6-8-11(9-7-10)15(20)17-12-4-2-1-3-5-13(12)19/h6-9,12-13,19,21H,1-5H2,(H2,16,18)(H,17,20). The van der Waals surface area contributed by atoms with E-state index in [9.17, 15) is 9.90 Å². The zero-order valence-electron chi connectivity index (χ0n) is 11.8. The molecule has 0 bridgehead atoms. The Kier molecular flexibility index (Phi) is 5.16. The molecule has 0 spiro atoms. The van der Waals surface area contributed by atoms with Crippen molar-refractivity contribution >= 4 is 11.7 Å². The molecule has 0 radical (unpaired) electrons. The molecule has 1 amide bonds. The fourth-order valence-corrected chi connectivity index (χ4v) is 2.56. The molecule has 6 nitrogen and oxygen atoms in total. The maximum absolute atomic E-state index is 12.2. The summed E-state index contributed by atoms with van der Waals surface area (Å²) < 4.78 is 0. The van der Waals surface area contributed by atoms with Gasteiger partial charge in [0.05, 0.1) is 12.1 Å². The number of amides is 1. The Morgan fingerprint density at radius 3 is 2.43 bits per heavy atom. The summed E-state index contributed by atoms with van der Waals surface area (Å²) in [6.45, 7) is 0. The van der Waals surface area contributed by atoms with E-state index in [0.29, 0.717) is 11.1 Å². The molecule has 1 aromatic rings. The Labute approximate surface area is 123 Å². The minimum absolute atomic E-state index is 0.00106. The van der Waals surface area contributed by atoms with Crippen molar-refractivity contribution in [3.63, 3.8) is 0 Å². The predicted octanol–water partition coefficient (Wildman–Crippen LogP) is 1.20. The van der Waals surface area contributed by atoms with Crippen molar-refractivity contribution in [1.82, 2.24) is 5.32 Å². The van der Waals surface area contributed by atoms with Gasteiger partial charge in [0.1, 0.15) is 0 Å². The van der Waals surface area contributed by atoms with Crippen LogP contribution in [0.2, 0.25) is 0 Å². The molecule has 21 heavy (non-hydrogen) atoms. The highest BCUT2D eigenvalue weighted by molar-refractivity contribution is 5.99. The van der Waals surface area contributed by atoms with Crippen molar-refractivity contribution < 1.29 is 15.1 Å². The molecule has 0 aliphatic heterocycles. The number of nitrogens with one attached hydrogen (secondary N) is 1. The number of nitrogens with two attached hydrogens (primary N) is 1. The van der Waals surface area contributed by atoms with Crippen molar-refractivity contribution in [2.45, 2.75) is 44.2 Å². The third kappa shape index (κ3) is 3.95. The van der Waals surface area contributed by atoms with Crippen LogP contribution < -0.4 is 11.1 Å². The van der Waals surface area contributed by atoms with Crippen LogP contribution in [0.5, 0.6) is 0 Å². The Morgan fingerprint density at radius 1 is 1.14 bits per heavy atom. The summed E-state index contributed by atoms with van der Waals surface area (Å²) in [6.07, 6.45) is 4.17. The smallest absolute Gasteiger partial charge is 0.251 e. The Morgan fingerprint density at radius 2 is 1.76 bits per heavy atom. The van der Waals surface area contributed by atoms with Crippen molar-refractivity contribution in [3.8, 4) is 0 Å². The van der Waals surface area contributed by atoms with Crippen LogP contribution in [0.25, 0.3) is 0 Å². The Hall–Kier alpha value is -2.08. The number of hydrogen-bond acceptors (Lipinski definition) is 4. The number of oxime groups is 1. The second-order valence-corrected chi connectivity index (χ2v) is 5.35. The number of aliphatic hydroxyl groups is 1. The highest BCUT2D eigenvalue weighted by Crippen LogP contribution is 2.18. The highest BCUT2D eigenvalue weighted by atomic mass is 16.4. The van der Waals surface area contributed by atoms with Crippen LogP contribution in [0.3, 0.4) is 0 Å². The lowest BCUT2D eigenvalue weighted by Gasteiger charge is -2.21. The van der Waals surface area contributed by atoms with E-state index in [0.717, 1.165) is 32.1 Å². The maximum Gasteiger partial charge on any atom is 0.251 e. The number of rotatable bonds is 3. The minimum atomic E-state index is -0.479. The first-order valence-corrected chi connectivity index (χ1v) is 7.18. The quantitative estimate of drug-likeness (QED) is 0.221. The molecule has 1 aromatic carbocycles. The summed E-state index contributed by atoms with van der Waals surface area (Å²) in [5.41, 5.74) is 6.50. The molecule has 5 N–H and O–H groups in total. The van der Waals surface area contributed by atoms with Gasteiger partial charge in [-0.3, -0.25) is 4.79 Å². The molecule has 1 aliphatic carbocycles. The van der Waals surface area contributed by atoms with Crippen molar-refractivity contribution in [2.24, 2.45) is 10.9 Å². The molecule has 0 saturated heterocycles. The van der Waals surface area contributed by atoms with Crippen LogP contribution in [-0.4, -0.2) is 34.2 Å². The first kappa shape index (κ1) is 15.3. The summed E-state index contributed by atoms with van der Waals surface area (Å²) in [7, 11) is 0. The average Bonchev–Trinajstić information content (AvgIpc) is 2.71. The average molecular weight is 291 g/mol. The van der Waals surface area contributed by atoms with Crippen LogP contribution in [0.4, 0.5) is 0 Å². The minimum Gasteiger partial charge on any atom is -0.409 e. The summed E-state index contributed by atoms with van der Waals surface area (Å²) >= 11 is 0. The van der Waals surface area contributed by atoms with Crippen LogP contribution >= 0.6 is 0 Å². The number of benzene rings is 1. The molecule has 2 atom stereocenters. The van der Waals surface area contributed by atoms with E-state index in [2.05, 4.69) is 10.5 Å². The summed E-state index contributed by atoms with van der Waals surface area (Å²) in [6, 6.07) is 6.28. The van der Waals surface area contributed by atoms with E-state index >= 15 is 0 Å². The van der Waals surface area contributed by atoms with E-state index in [1.54, 1.807) is 24.3 Å². The summed E-state index contributed by atoms with van der Waals surface area (Å²) in [4.78, 5) is 12.2. The van der Waals surface area contributed by atoms with Gasteiger partial charge < -0.3 is 21.4 Å². The van der Waals surface area contributed by atoms with Crippen LogP contribution in [0.1, 0.15) is 48.0 Å². The third-order valence-corrected chi connectivity index (χ3v) is 3.85. The molecule has 0 aromatic heterocycles. The van der Waals surface area contributed by atoms with Crippen molar-refractivity contribution in [1.29, 1.82) is 0 Å². The van der Waals surface area contributed by atoms with Gasteiger partial charge in [0, 0.05) is 11.1 Å². The van der Waals surface area contributed by atoms with Gasteiger partial charge in [-0.2, -0.15) is 0 Å². The molecule has 6 heteroatoms. The number of hydrogen-bond donors (Lipinski definition) is 4. The number of nitrogens with zero attached hydrogens (tertiary/aromatic N) is 1. The molecule has 1 aliphatic rings. The number of amidine groups is 1. The van der Waals surface area contributed by atoms with Gasteiger partial charge in [0.2, 0.25) is 0 Å². The van der Waals surface area contributed by atoms with E-state index in [4.69, 9.17) is 10.9 Å². The molecular weight excluding hydrogens is 270 g/mol. The van der Waals surface area contributed by atoms with Crippen molar-refractivity contribution in [3.05, 3.63) is 35.4 Å². The van der Waals surface area contributed by atoms with Crippen LogP contribution in [0, 0.1) is 0 Å². The van der Waals surface area contributed by atoms with Crippen LogP contribution in [-0.2, 0) is 0 Å². The monoisotopic (exact) mass is 291 g/mol. The molecule has 1 saturated carbocycles.